The molecule has 1 N–H and O–H groups in total. The number of carbonyl (C=O) groups is 1. The lowest BCUT2D eigenvalue weighted by molar-refractivity contribution is -0.377. The Morgan fingerprint density at radius 2 is 1.71 bits per heavy atom. The van der Waals surface area contributed by atoms with E-state index in [2.05, 4.69) is 0 Å². The van der Waals surface area contributed by atoms with E-state index in [9.17, 15) is 20.3 Å². The molecule has 0 fully saturated rings. The van der Waals surface area contributed by atoms with E-state index in [0.717, 1.165) is 0 Å². The summed E-state index contributed by atoms with van der Waals surface area (Å²) in [5.74, 6) is -0.724. The number of allylic oxidation sites excluding steroid dienone is 5. The number of aliphatic hydroxyl groups excluding tert-OH is 1. The van der Waals surface area contributed by atoms with Crippen molar-refractivity contribution in [3.63, 3.8) is 0 Å². The molecule has 0 amide bonds. The Balaban J connectivity index is 2.00. The van der Waals surface area contributed by atoms with E-state index in [1.165, 1.54) is 24.3 Å². The van der Waals surface area contributed by atoms with Gasteiger partial charge in [0, 0.05) is 17.7 Å². The number of rotatable bonds is 3. The van der Waals surface area contributed by atoms with E-state index in [1.807, 2.05) is 0 Å². The zero-order chi connectivity index (χ0) is 15.2. The smallest absolute Gasteiger partial charge is 0.338 e. The van der Waals surface area contributed by atoms with Gasteiger partial charge in [-0.2, -0.15) is 4.90 Å². The van der Waals surface area contributed by atoms with Gasteiger partial charge in [-0.05, 0) is 24.3 Å². The van der Waals surface area contributed by atoms with Gasteiger partial charge in [-0.3, -0.25) is 0 Å². The molecule has 108 valence electrons. The highest BCUT2D eigenvalue weighted by atomic mass is 16.8. The molecule has 0 unspecified atom stereocenters. The van der Waals surface area contributed by atoms with Crippen LogP contribution in [0.1, 0.15) is 10.4 Å². The van der Waals surface area contributed by atoms with Crippen LogP contribution in [-0.2, 0) is 4.74 Å². The van der Waals surface area contributed by atoms with Crippen molar-refractivity contribution in [3.8, 4) is 0 Å². The Hall–Kier alpha value is -3.02. The first-order valence-corrected chi connectivity index (χ1v) is 6.09. The van der Waals surface area contributed by atoms with Gasteiger partial charge in [0.15, 0.2) is 0 Å². The average Bonchev–Trinajstić information content (AvgIpc) is 2.53. The molecule has 0 radical (unpaired) electrons. The summed E-state index contributed by atoms with van der Waals surface area (Å²) in [5.41, 5.74) is 0.670. The average molecular weight is 286 g/mol. The lowest BCUT2D eigenvalue weighted by atomic mass is 10.1. The van der Waals surface area contributed by atoms with Crippen LogP contribution in [0.4, 0.5) is 0 Å². The molecular weight excluding hydrogens is 274 g/mol. The Kier molecular flexibility index (Phi) is 4.40. The Morgan fingerprint density at radius 1 is 1.10 bits per heavy atom. The van der Waals surface area contributed by atoms with Crippen molar-refractivity contribution >= 4 is 11.7 Å². The van der Waals surface area contributed by atoms with E-state index in [4.69, 9.17) is 4.74 Å². The molecule has 6 heteroatoms. The molecule has 1 aromatic rings. The second-order valence-electron chi connectivity index (χ2n) is 4.19. The topological polar surface area (TPSA) is 95.7 Å². The maximum Gasteiger partial charge on any atom is 0.338 e. The van der Waals surface area contributed by atoms with Crippen LogP contribution in [0.2, 0.25) is 0 Å². The van der Waals surface area contributed by atoms with Crippen molar-refractivity contribution in [2.45, 2.75) is 0 Å². The number of carbonyl (C=O) groups excluding carboxylic acids is 1. The third-order valence-corrected chi connectivity index (χ3v) is 2.76. The Bertz CT molecular complexity index is 634. The molecule has 0 spiro atoms. The molecule has 1 aromatic carbocycles. The van der Waals surface area contributed by atoms with Gasteiger partial charge in [-0.1, -0.05) is 18.2 Å². The lowest BCUT2D eigenvalue weighted by Gasteiger charge is -2.10. The molecule has 0 aromatic heterocycles. The van der Waals surface area contributed by atoms with Crippen LogP contribution >= 0.6 is 0 Å². The monoisotopic (exact) mass is 286 g/mol. The van der Waals surface area contributed by atoms with Crippen LogP contribution in [0.25, 0.3) is 0 Å². The van der Waals surface area contributed by atoms with Gasteiger partial charge in [0.05, 0.1) is 5.56 Å². The van der Waals surface area contributed by atoms with Crippen molar-refractivity contribution in [1.29, 1.82) is 0 Å². The maximum atomic E-state index is 11.7. The number of hydrogen-bond donors (Lipinski definition) is 1. The van der Waals surface area contributed by atoms with Gasteiger partial charge >= 0.3 is 5.97 Å². The molecule has 0 bridgehead atoms. The molecule has 6 nitrogen and oxygen atoms in total. The summed E-state index contributed by atoms with van der Waals surface area (Å²) < 4.78 is 4.96. The van der Waals surface area contributed by atoms with Gasteiger partial charge in [0.2, 0.25) is 5.71 Å². The summed E-state index contributed by atoms with van der Waals surface area (Å²) in [6, 6.07) is 8.39. The number of benzene rings is 1. The SMILES string of the molecule is O=C(OCC(O)=C1C=CC(=[N+]([O-])[O-])C=C1)c1ccccc1. The largest absolute Gasteiger partial charge is 0.612 e. The van der Waals surface area contributed by atoms with Gasteiger partial charge in [-0.15, -0.1) is 0 Å². The Morgan fingerprint density at radius 3 is 2.29 bits per heavy atom. The van der Waals surface area contributed by atoms with Crippen molar-refractivity contribution in [3.05, 3.63) is 81.9 Å². The first kappa shape index (κ1) is 14.4. The number of nitrogens with zero attached hydrogens (tertiary/aromatic N) is 1. The molecule has 21 heavy (non-hydrogen) atoms. The van der Waals surface area contributed by atoms with Gasteiger partial charge < -0.3 is 20.3 Å². The fraction of sp³-hybridized carbons (Fsp3) is 0.0667. The molecule has 0 atom stereocenters. The van der Waals surface area contributed by atoms with Crippen molar-refractivity contribution < 1.29 is 19.5 Å². The highest BCUT2D eigenvalue weighted by Crippen LogP contribution is 2.12. The third-order valence-electron chi connectivity index (χ3n) is 2.76. The second-order valence-corrected chi connectivity index (χ2v) is 4.19. The minimum Gasteiger partial charge on any atom is -0.612 e. The molecule has 1 aliphatic carbocycles. The quantitative estimate of drug-likeness (QED) is 0.398. The molecule has 0 aliphatic heterocycles. The van der Waals surface area contributed by atoms with E-state index in [-0.39, 0.29) is 18.1 Å². The van der Waals surface area contributed by atoms with E-state index in [1.54, 1.807) is 30.3 Å². The molecule has 1 aliphatic rings. The first-order valence-electron chi connectivity index (χ1n) is 6.09. The van der Waals surface area contributed by atoms with Crippen LogP contribution in [0, 0.1) is 10.4 Å². The molecule has 0 heterocycles. The number of aliphatic hydroxyl groups is 1. The summed E-state index contributed by atoms with van der Waals surface area (Å²) in [7, 11) is 0. The fourth-order valence-corrected chi connectivity index (χ4v) is 1.65. The number of ether oxygens (including phenoxy) is 1. The highest BCUT2D eigenvalue weighted by Gasteiger charge is 2.11. The lowest BCUT2D eigenvalue weighted by Crippen LogP contribution is -2.10. The molecule has 2 rings (SSSR count). The third kappa shape index (κ3) is 3.73. The number of esters is 1. The zero-order valence-electron chi connectivity index (χ0n) is 10.9. The van der Waals surface area contributed by atoms with E-state index < -0.39 is 10.9 Å². The van der Waals surface area contributed by atoms with Crippen LogP contribution in [0.5, 0.6) is 0 Å². The highest BCUT2D eigenvalue weighted by molar-refractivity contribution is 6.02. The summed E-state index contributed by atoms with van der Waals surface area (Å²) in [5, 5.41) is 30.9. The predicted molar refractivity (Wildman–Crippen MR) is 76.7 cm³/mol. The van der Waals surface area contributed by atoms with Crippen LogP contribution in [-0.4, -0.2) is 28.3 Å². The molecule has 0 saturated carbocycles. The summed E-state index contributed by atoms with van der Waals surface area (Å²) in [4.78, 5) is 11.2. The normalized spacial score (nSPS) is 13.1. The maximum absolute atomic E-state index is 11.7. The van der Waals surface area contributed by atoms with Crippen LogP contribution in [0.3, 0.4) is 0 Å². The van der Waals surface area contributed by atoms with Gasteiger partial charge in [0.25, 0.3) is 0 Å². The predicted octanol–water partition coefficient (Wildman–Crippen LogP) is 2.23. The first-order chi connectivity index (χ1) is 10.1. The summed E-state index contributed by atoms with van der Waals surface area (Å²) in [6.45, 7) is -0.300. The van der Waals surface area contributed by atoms with Crippen molar-refractivity contribution in [2.75, 3.05) is 6.61 Å². The molecule has 0 saturated heterocycles. The molecular formula is C15H12NO5-. The Labute approximate surface area is 120 Å². The summed E-state index contributed by atoms with van der Waals surface area (Å²) in [6.07, 6.45) is 5.32. The van der Waals surface area contributed by atoms with E-state index in [0.29, 0.717) is 11.1 Å². The van der Waals surface area contributed by atoms with Crippen LogP contribution < -0.4 is 0 Å². The fourth-order valence-electron chi connectivity index (χ4n) is 1.65. The minimum atomic E-state index is -0.552. The van der Waals surface area contributed by atoms with Crippen molar-refractivity contribution in [1.82, 2.24) is 0 Å². The second kappa shape index (κ2) is 6.42. The summed E-state index contributed by atoms with van der Waals surface area (Å²) >= 11 is 0. The van der Waals surface area contributed by atoms with Gasteiger partial charge in [0.1, 0.15) is 12.4 Å². The minimum absolute atomic E-state index is 0.0761. The number of hydrogen-bond acceptors (Lipinski definition) is 5. The van der Waals surface area contributed by atoms with Crippen molar-refractivity contribution in [2.24, 2.45) is 0 Å². The van der Waals surface area contributed by atoms with Crippen LogP contribution in [0.15, 0.2) is 66.0 Å². The van der Waals surface area contributed by atoms with Gasteiger partial charge in [-0.25, -0.2) is 4.79 Å². The van der Waals surface area contributed by atoms with E-state index >= 15 is 0 Å². The standard InChI is InChI=1S/C15H12NO5/c17-14(11-6-8-13(9-7-11)16(19)20)10-21-15(18)12-4-2-1-3-5-12/h1-9H,10H2,(H-,17,19,20)/q-1. The zero-order valence-corrected chi connectivity index (χ0v) is 10.9.